The molecule has 5 nitrogen and oxygen atoms in total. The van der Waals surface area contributed by atoms with Crippen LogP contribution in [0.15, 0.2) is 23.2 Å². The van der Waals surface area contributed by atoms with E-state index in [-0.39, 0.29) is 6.10 Å². The molecule has 0 amide bonds. The van der Waals surface area contributed by atoms with Crippen molar-refractivity contribution in [2.45, 2.75) is 25.9 Å². The van der Waals surface area contributed by atoms with Gasteiger partial charge in [-0.3, -0.25) is 4.99 Å². The number of hydrogen-bond acceptors (Lipinski definition) is 3. The van der Waals surface area contributed by atoms with Crippen molar-refractivity contribution in [3.63, 3.8) is 0 Å². The van der Waals surface area contributed by atoms with Crippen molar-refractivity contribution in [2.24, 2.45) is 10.9 Å². The number of nitrogens with zero attached hydrogens (tertiary/aromatic N) is 3. The molecule has 0 bridgehead atoms. The number of nitrogens with one attached hydrogen (secondary N) is 1. The third kappa shape index (κ3) is 4.39. The largest absolute Gasteiger partial charge is 0.391 e. The first kappa shape index (κ1) is 17.9. The number of anilines is 1. The molecule has 2 aliphatic rings. The standard InChI is InChI=1S/C18H26F2N4O/c1-2-21-18(24-8-6-15(25)12-24)22-10-13-5-7-23(11-13)14-3-4-16(19)17(20)9-14/h3-4,9,13,15,25H,2,5-8,10-12H2,1H3,(H,21,22)/t13?,15-/m1/s1. The molecule has 2 N–H and O–H groups in total. The summed E-state index contributed by atoms with van der Waals surface area (Å²) in [4.78, 5) is 8.90. The van der Waals surface area contributed by atoms with Crippen LogP contribution in [0.2, 0.25) is 0 Å². The number of halogens is 2. The Bertz CT molecular complexity index is 625. The van der Waals surface area contributed by atoms with Crippen molar-refractivity contribution < 1.29 is 13.9 Å². The van der Waals surface area contributed by atoms with Crippen LogP contribution >= 0.6 is 0 Å². The zero-order chi connectivity index (χ0) is 17.8. The summed E-state index contributed by atoms with van der Waals surface area (Å²) >= 11 is 0. The van der Waals surface area contributed by atoms with E-state index in [0.29, 0.717) is 19.0 Å². The number of likely N-dealkylation sites (tertiary alicyclic amines) is 1. The summed E-state index contributed by atoms with van der Waals surface area (Å²) in [7, 11) is 0. The number of rotatable bonds is 4. The summed E-state index contributed by atoms with van der Waals surface area (Å²) in [6.45, 7) is 6.56. The van der Waals surface area contributed by atoms with E-state index >= 15 is 0 Å². The molecule has 0 aromatic heterocycles. The van der Waals surface area contributed by atoms with E-state index in [0.717, 1.165) is 50.7 Å². The number of guanidine groups is 1. The predicted molar refractivity (Wildman–Crippen MR) is 94.9 cm³/mol. The highest BCUT2D eigenvalue weighted by Crippen LogP contribution is 2.25. The van der Waals surface area contributed by atoms with E-state index < -0.39 is 11.6 Å². The summed E-state index contributed by atoms with van der Waals surface area (Å²) in [5.74, 6) is -0.382. The minimum atomic E-state index is -0.813. The Kier molecular flexibility index (Phi) is 5.73. The van der Waals surface area contributed by atoms with Crippen LogP contribution < -0.4 is 10.2 Å². The number of aliphatic imine (C=N–C) groups is 1. The topological polar surface area (TPSA) is 51.1 Å². The fourth-order valence-electron chi connectivity index (χ4n) is 3.47. The van der Waals surface area contributed by atoms with Gasteiger partial charge < -0.3 is 20.2 Å². The average Bonchev–Trinajstić information content (AvgIpc) is 3.23. The van der Waals surface area contributed by atoms with Gasteiger partial charge >= 0.3 is 0 Å². The molecule has 0 radical (unpaired) electrons. The summed E-state index contributed by atoms with van der Waals surface area (Å²) in [6.07, 6.45) is 1.47. The molecule has 7 heteroatoms. The molecule has 2 aliphatic heterocycles. The number of β-amino-alcohol motifs (C(OH)–C–C–N with tert-alkyl or cyclic N) is 1. The third-order valence-electron chi connectivity index (χ3n) is 4.85. The van der Waals surface area contributed by atoms with Crippen LogP contribution in [-0.4, -0.2) is 61.3 Å². The summed E-state index contributed by atoms with van der Waals surface area (Å²) < 4.78 is 26.5. The van der Waals surface area contributed by atoms with E-state index in [1.807, 2.05) is 6.92 Å². The lowest BCUT2D eigenvalue weighted by Gasteiger charge is -2.22. The lowest BCUT2D eigenvalue weighted by molar-refractivity contribution is 0.187. The average molecular weight is 352 g/mol. The van der Waals surface area contributed by atoms with Gasteiger partial charge in [0, 0.05) is 51.0 Å². The highest BCUT2D eigenvalue weighted by Gasteiger charge is 2.25. The van der Waals surface area contributed by atoms with Crippen LogP contribution in [0.1, 0.15) is 19.8 Å². The van der Waals surface area contributed by atoms with Gasteiger partial charge in [0.15, 0.2) is 17.6 Å². The first-order valence-electron chi connectivity index (χ1n) is 8.98. The summed E-state index contributed by atoms with van der Waals surface area (Å²) in [5.41, 5.74) is 0.722. The molecular formula is C18H26F2N4O. The Labute approximate surface area is 147 Å². The van der Waals surface area contributed by atoms with Crippen molar-refractivity contribution >= 4 is 11.6 Å². The van der Waals surface area contributed by atoms with Crippen molar-refractivity contribution in [1.29, 1.82) is 0 Å². The summed E-state index contributed by atoms with van der Waals surface area (Å²) in [6, 6.07) is 4.06. The van der Waals surface area contributed by atoms with Crippen LogP contribution in [0.5, 0.6) is 0 Å². The number of benzene rings is 1. The minimum Gasteiger partial charge on any atom is -0.391 e. The molecule has 2 saturated heterocycles. The molecule has 1 unspecified atom stereocenters. The molecule has 0 aliphatic carbocycles. The first-order valence-corrected chi connectivity index (χ1v) is 8.98. The second-order valence-corrected chi connectivity index (χ2v) is 6.78. The maximum absolute atomic E-state index is 13.4. The van der Waals surface area contributed by atoms with E-state index in [9.17, 15) is 13.9 Å². The van der Waals surface area contributed by atoms with Crippen molar-refractivity contribution in [2.75, 3.05) is 44.2 Å². The molecule has 0 saturated carbocycles. The Morgan fingerprint density at radius 1 is 1.24 bits per heavy atom. The molecule has 0 spiro atoms. The molecule has 25 heavy (non-hydrogen) atoms. The molecule has 1 aromatic rings. The van der Waals surface area contributed by atoms with Crippen molar-refractivity contribution in [3.05, 3.63) is 29.8 Å². The van der Waals surface area contributed by atoms with Crippen LogP contribution in [-0.2, 0) is 0 Å². The fourth-order valence-corrected chi connectivity index (χ4v) is 3.47. The van der Waals surface area contributed by atoms with E-state index in [2.05, 4.69) is 15.1 Å². The van der Waals surface area contributed by atoms with Crippen LogP contribution in [0, 0.1) is 17.6 Å². The minimum absolute atomic E-state index is 0.279. The third-order valence-corrected chi connectivity index (χ3v) is 4.85. The van der Waals surface area contributed by atoms with E-state index in [1.165, 1.54) is 12.1 Å². The molecule has 1 aromatic carbocycles. The van der Waals surface area contributed by atoms with Gasteiger partial charge in [-0.25, -0.2) is 8.78 Å². The molecule has 2 atom stereocenters. The molecule has 138 valence electrons. The first-order chi connectivity index (χ1) is 12.1. The van der Waals surface area contributed by atoms with Crippen LogP contribution in [0.4, 0.5) is 14.5 Å². The lowest BCUT2D eigenvalue weighted by Crippen LogP contribution is -2.40. The summed E-state index contributed by atoms with van der Waals surface area (Å²) in [5, 5.41) is 13.0. The van der Waals surface area contributed by atoms with Crippen LogP contribution in [0.25, 0.3) is 0 Å². The van der Waals surface area contributed by atoms with Gasteiger partial charge in [0.25, 0.3) is 0 Å². The Morgan fingerprint density at radius 3 is 2.76 bits per heavy atom. The van der Waals surface area contributed by atoms with Gasteiger partial charge in [-0.2, -0.15) is 0 Å². The highest BCUT2D eigenvalue weighted by atomic mass is 19.2. The predicted octanol–water partition coefficient (Wildman–Crippen LogP) is 1.82. The second-order valence-electron chi connectivity index (χ2n) is 6.78. The Hall–Kier alpha value is -1.89. The monoisotopic (exact) mass is 352 g/mol. The maximum atomic E-state index is 13.4. The normalized spacial score (nSPS) is 24.2. The lowest BCUT2D eigenvalue weighted by atomic mass is 10.1. The Morgan fingerprint density at radius 2 is 2.08 bits per heavy atom. The zero-order valence-corrected chi connectivity index (χ0v) is 14.6. The smallest absolute Gasteiger partial charge is 0.194 e. The molecule has 2 fully saturated rings. The van der Waals surface area contributed by atoms with Gasteiger partial charge in [-0.15, -0.1) is 0 Å². The molecular weight excluding hydrogens is 326 g/mol. The molecule has 2 heterocycles. The van der Waals surface area contributed by atoms with Crippen LogP contribution in [0.3, 0.4) is 0 Å². The van der Waals surface area contributed by atoms with Gasteiger partial charge in [0.05, 0.1) is 6.10 Å². The quantitative estimate of drug-likeness (QED) is 0.641. The SMILES string of the molecule is CCNC(=NCC1CCN(c2ccc(F)c(F)c2)C1)N1CC[C@@H](O)C1. The maximum Gasteiger partial charge on any atom is 0.194 e. The van der Waals surface area contributed by atoms with E-state index in [4.69, 9.17) is 4.99 Å². The van der Waals surface area contributed by atoms with Gasteiger partial charge in [0.2, 0.25) is 0 Å². The molecule has 3 rings (SSSR count). The fraction of sp³-hybridized carbons (Fsp3) is 0.611. The zero-order valence-electron chi connectivity index (χ0n) is 14.6. The number of aliphatic hydroxyl groups is 1. The van der Waals surface area contributed by atoms with Crippen molar-refractivity contribution in [1.82, 2.24) is 10.2 Å². The van der Waals surface area contributed by atoms with E-state index in [1.54, 1.807) is 6.07 Å². The Balaban J connectivity index is 1.58. The van der Waals surface area contributed by atoms with Crippen molar-refractivity contribution in [3.8, 4) is 0 Å². The second kappa shape index (κ2) is 7.99. The highest BCUT2D eigenvalue weighted by molar-refractivity contribution is 5.80. The van der Waals surface area contributed by atoms with Gasteiger partial charge in [-0.1, -0.05) is 0 Å². The number of hydrogen-bond donors (Lipinski definition) is 2. The van der Waals surface area contributed by atoms with Gasteiger partial charge in [-0.05, 0) is 37.8 Å². The number of aliphatic hydroxyl groups excluding tert-OH is 1. The van der Waals surface area contributed by atoms with Gasteiger partial charge in [0.1, 0.15) is 0 Å².